The van der Waals surface area contributed by atoms with Crippen molar-refractivity contribution in [2.24, 2.45) is 5.92 Å². The smallest absolute Gasteiger partial charge is 0.407 e. The van der Waals surface area contributed by atoms with Crippen molar-refractivity contribution in [3.05, 3.63) is 29.8 Å². The fourth-order valence-electron chi connectivity index (χ4n) is 2.88. The van der Waals surface area contributed by atoms with Gasteiger partial charge in [-0.05, 0) is 57.7 Å². The highest BCUT2D eigenvalue weighted by molar-refractivity contribution is 5.78. The molecule has 7 nitrogen and oxygen atoms in total. The number of aliphatic hydroxyl groups is 1. The molecule has 0 radical (unpaired) electrons. The normalized spacial score (nSPS) is 14.6. The predicted molar refractivity (Wildman–Crippen MR) is 113 cm³/mol. The minimum atomic E-state index is -0.961. The monoisotopic (exact) mass is 408 g/mol. The second-order valence-electron chi connectivity index (χ2n) is 8.48. The van der Waals surface area contributed by atoms with Gasteiger partial charge in [-0.3, -0.25) is 4.79 Å². The van der Waals surface area contributed by atoms with Gasteiger partial charge in [-0.15, -0.1) is 0 Å². The molecule has 3 unspecified atom stereocenters. The Morgan fingerprint density at radius 1 is 1.24 bits per heavy atom. The van der Waals surface area contributed by atoms with Crippen molar-refractivity contribution in [2.45, 2.75) is 78.0 Å². The molecule has 0 aliphatic rings. The summed E-state index contributed by atoms with van der Waals surface area (Å²) in [6, 6.07) is 5.97. The number of aliphatic hydroxyl groups excluding tert-OH is 1. The Morgan fingerprint density at radius 2 is 1.93 bits per heavy atom. The first-order valence-electron chi connectivity index (χ1n) is 10.2. The average Bonchev–Trinajstić information content (AvgIpc) is 2.59. The average molecular weight is 409 g/mol. The van der Waals surface area contributed by atoms with Gasteiger partial charge in [0, 0.05) is 12.5 Å². The van der Waals surface area contributed by atoms with Crippen LogP contribution in [0.3, 0.4) is 0 Å². The van der Waals surface area contributed by atoms with E-state index in [1.54, 1.807) is 52.0 Å². The summed E-state index contributed by atoms with van der Waals surface area (Å²) < 4.78 is 5.31. The molecule has 0 aliphatic heterocycles. The summed E-state index contributed by atoms with van der Waals surface area (Å²) in [4.78, 5) is 24.5. The minimum absolute atomic E-state index is 0.108. The number of rotatable bonds is 10. The van der Waals surface area contributed by atoms with Crippen molar-refractivity contribution in [1.82, 2.24) is 10.6 Å². The highest BCUT2D eigenvalue weighted by Gasteiger charge is 2.28. The van der Waals surface area contributed by atoms with E-state index in [1.807, 2.05) is 6.92 Å². The fourth-order valence-corrected chi connectivity index (χ4v) is 2.88. The van der Waals surface area contributed by atoms with Gasteiger partial charge < -0.3 is 25.6 Å². The SMILES string of the molecule is CCCCNC(=O)C(C)CC(O)C(Cc1cccc(O)c1)NC(=O)OC(C)(C)C. The first-order chi connectivity index (χ1) is 13.5. The summed E-state index contributed by atoms with van der Waals surface area (Å²) in [5, 5.41) is 26.0. The highest BCUT2D eigenvalue weighted by Crippen LogP contribution is 2.18. The second-order valence-corrected chi connectivity index (χ2v) is 8.48. The molecule has 2 amide bonds. The van der Waals surface area contributed by atoms with Crippen LogP contribution in [0.25, 0.3) is 0 Å². The molecule has 1 rings (SSSR count). The van der Waals surface area contributed by atoms with Gasteiger partial charge in [0.2, 0.25) is 5.91 Å². The molecule has 0 heterocycles. The molecule has 164 valence electrons. The van der Waals surface area contributed by atoms with Crippen molar-refractivity contribution in [1.29, 1.82) is 0 Å². The maximum absolute atomic E-state index is 12.3. The lowest BCUT2D eigenvalue weighted by atomic mass is 9.93. The van der Waals surface area contributed by atoms with Gasteiger partial charge in [-0.25, -0.2) is 4.79 Å². The number of phenols is 1. The largest absolute Gasteiger partial charge is 0.508 e. The summed E-state index contributed by atoms with van der Waals surface area (Å²) in [6.45, 7) is 9.69. The number of carbonyl (C=O) groups is 2. The maximum Gasteiger partial charge on any atom is 0.407 e. The summed E-state index contributed by atoms with van der Waals surface area (Å²) in [7, 11) is 0. The first-order valence-corrected chi connectivity index (χ1v) is 10.2. The number of hydrogen-bond acceptors (Lipinski definition) is 5. The van der Waals surface area contributed by atoms with Crippen LogP contribution in [0.15, 0.2) is 24.3 Å². The van der Waals surface area contributed by atoms with Crippen LogP contribution >= 0.6 is 0 Å². The van der Waals surface area contributed by atoms with Gasteiger partial charge in [0.25, 0.3) is 0 Å². The third-order valence-corrected chi connectivity index (χ3v) is 4.40. The number of unbranched alkanes of at least 4 members (excludes halogenated alkanes) is 1. The van der Waals surface area contributed by atoms with E-state index in [2.05, 4.69) is 10.6 Å². The van der Waals surface area contributed by atoms with Gasteiger partial charge in [0.15, 0.2) is 0 Å². The molecule has 3 atom stereocenters. The highest BCUT2D eigenvalue weighted by atomic mass is 16.6. The lowest BCUT2D eigenvalue weighted by Gasteiger charge is -2.28. The zero-order valence-electron chi connectivity index (χ0n) is 18.2. The minimum Gasteiger partial charge on any atom is -0.508 e. The van der Waals surface area contributed by atoms with Gasteiger partial charge in [0.1, 0.15) is 11.4 Å². The number of nitrogens with one attached hydrogen (secondary N) is 2. The van der Waals surface area contributed by atoms with Crippen LogP contribution in [-0.2, 0) is 16.0 Å². The van der Waals surface area contributed by atoms with Crippen LogP contribution in [0, 0.1) is 5.92 Å². The summed E-state index contributed by atoms with van der Waals surface area (Å²) in [5.41, 5.74) is 0.0852. The van der Waals surface area contributed by atoms with Gasteiger partial charge in [-0.2, -0.15) is 0 Å². The van der Waals surface area contributed by atoms with E-state index < -0.39 is 29.8 Å². The quantitative estimate of drug-likeness (QED) is 0.445. The summed E-state index contributed by atoms with van der Waals surface area (Å²) in [5.74, 6) is -0.420. The fraction of sp³-hybridized carbons (Fsp3) is 0.636. The van der Waals surface area contributed by atoms with E-state index in [1.165, 1.54) is 0 Å². The Kier molecular flexibility index (Phi) is 9.95. The molecule has 0 fully saturated rings. The number of phenolic OH excluding ortho intramolecular Hbond substituents is 1. The van der Waals surface area contributed by atoms with E-state index >= 15 is 0 Å². The van der Waals surface area contributed by atoms with Crippen LogP contribution in [0.4, 0.5) is 4.79 Å². The molecular weight excluding hydrogens is 372 g/mol. The molecule has 4 N–H and O–H groups in total. The Hall–Kier alpha value is -2.28. The molecule has 7 heteroatoms. The number of carbonyl (C=O) groups excluding carboxylic acids is 2. The Balaban J connectivity index is 2.82. The van der Waals surface area contributed by atoms with Crippen molar-refractivity contribution < 1.29 is 24.5 Å². The van der Waals surface area contributed by atoms with E-state index in [0.717, 1.165) is 18.4 Å². The second kappa shape index (κ2) is 11.7. The number of aromatic hydroxyl groups is 1. The number of hydrogen-bond donors (Lipinski definition) is 4. The van der Waals surface area contributed by atoms with Gasteiger partial charge >= 0.3 is 6.09 Å². The number of amides is 2. The molecule has 0 saturated heterocycles. The molecule has 1 aromatic carbocycles. The van der Waals surface area contributed by atoms with Gasteiger partial charge in [-0.1, -0.05) is 32.4 Å². The number of ether oxygens (including phenoxy) is 1. The van der Waals surface area contributed by atoms with Crippen molar-refractivity contribution >= 4 is 12.0 Å². The Labute approximate surface area is 173 Å². The van der Waals surface area contributed by atoms with Crippen LogP contribution in [0.2, 0.25) is 0 Å². The standard InChI is InChI=1S/C22H36N2O5/c1-6-7-11-23-20(27)15(2)12-19(26)18(24-21(28)29-22(3,4)5)14-16-9-8-10-17(25)13-16/h8-10,13,15,18-19,25-26H,6-7,11-12,14H2,1-5H3,(H,23,27)(H,24,28). The van der Waals surface area contributed by atoms with Crippen LogP contribution in [-0.4, -0.2) is 46.5 Å². The van der Waals surface area contributed by atoms with Crippen molar-refractivity contribution in [3.8, 4) is 5.75 Å². The van der Waals surface area contributed by atoms with E-state index in [0.29, 0.717) is 13.0 Å². The van der Waals surface area contributed by atoms with Crippen LogP contribution in [0.1, 0.15) is 59.4 Å². The zero-order chi connectivity index (χ0) is 22.0. The predicted octanol–water partition coefficient (Wildman–Crippen LogP) is 3.13. The third kappa shape index (κ3) is 10.2. The third-order valence-electron chi connectivity index (χ3n) is 4.40. The van der Waals surface area contributed by atoms with E-state index in [-0.39, 0.29) is 18.1 Å². The molecular formula is C22H36N2O5. The molecule has 0 saturated carbocycles. The van der Waals surface area contributed by atoms with Crippen molar-refractivity contribution in [3.63, 3.8) is 0 Å². The number of alkyl carbamates (subject to hydrolysis) is 1. The molecule has 1 aromatic rings. The van der Waals surface area contributed by atoms with Crippen LogP contribution in [0.5, 0.6) is 5.75 Å². The van der Waals surface area contributed by atoms with E-state index in [4.69, 9.17) is 4.74 Å². The van der Waals surface area contributed by atoms with Crippen LogP contribution < -0.4 is 10.6 Å². The summed E-state index contributed by atoms with van der Waals surface area (Å²) in [6.07, 6.45) is 0.777. The van der Waals surface area contributed by atoms with E-state index in [9.17, 15) is 19.8 Å². The van der Waals surface area contributed by atoms with Gasteiger partial charge in [0.05, 0.1) is 12.1 Å². The topological polar surface area (TPSA) is 108 Å². The Morgan fingerprint density at radius 3 is 2.52 bits per heavy atom. The molecule has 29 heavy (non-hydrogen) atoms. The molecule has 0 bridgehead atoms. The maximum atomic E-state index is 12.3. The molecule has 0 aliphatic carbocycles. The first kappa shape index (κ1) is 24.8. The lowest BCUT2D eigenvalue weighted by molar-refractivity contribution is -0.125. The Bertz CT molecular complexity index is 657. The zero-order valence-corrected chi connectivity index (χ0v) is 18.2. The molecule has 0 aromatic heterocycles. The lowest BCUT2D eigenvalue weighted by Crippen LogP contribution is -2.48. The van der Waals surface area contributed by atoms with Crippen molar-refractivity contribution in [2.75, 3.05) is 6.54 Å². The number of benzene rings is 1. The molecule has 0 spiro atoms. The summed E-state index contributed by atoms with van der Waals surface area (Å²) >= 11 is 0.